The van der Waals surface area contributed by atoms with Crippen molar-refractivity contribution in [2.24, 2.45) is 0 Å². The molecule has 1 aromatic carbocycles. The summed E-state index contributed by atoms with van der Waals surface area (Å²) >= 11 is 0. The molecule has 1 heterocycles. The van der Waals surface area contributed by atoms with Gasteiger partial charge in [-0.15, -0.1) is 0 Å². The number of rotatable bonds is 3. The molecule has 0 radical (unpaired) electrons. The van der Waals surface area contributed by atoms with Crippen LogP contribution in [0.3, 0.4) is 0 Å². The van der Waals surface area contributed by atoms with Crippen LogP contribution in [0.1, 0.15) is 0 Å². The van der Waals surface area contributed by atoms with E-state index in [0.29, 0.717) is 6.07 Å². The van der Waals surface area contributed by atoms with E-state index in [4.69, 9.17) is 4.74 Å². The fourth-order valence-corrected chi connectivity index (χ4v) is 1.47. The summed E-state index contributed by atoms with van der Waals surface area (Å²) in [5, 5.41) is 36.0. The number of nitrogens with zero attached hydrogens (tertiary/aromatic N) is 4. The Morgan fingerprint density at radius 1 is 1.33 bits per heavy atom. The van der Waals surface area contributed by atoms with Crippen molar-refractivity contribution >= 4 is 22.4 Å². The first-order valence-electron chi connectivity index (χ1n) is 4.36. The van der Waals surface area contributed by atoms with Crippen molar-refractivity contribution in [2.75, 3.05) is 7.11 Å². The van der Waals surface area contributed by atoms with Crippen LogP contribution in [0.5, 0.6) is 5.75 Å². The van der Waals surface area contributed by atoms with Crippen LogP contribution >= 0.6 is 0 Å². The highest BCUT2D eigenvalue weighted by Gasteiger charge is 2.35. The molecule has 18 heavy (non-hydrogen) atoms. The van der Waals surface area contributed by atoms with Crippen LogP contribution in [-0.2, 0) is 0 Å². The third kappa shape index (κ3) is 1.45. The van der Waals surface area contributed by atoms with Gasteiger partial charge in [0.05, 0.1) is 22.1 Å². The molecule has 0 saturated heterocycles. The molecule has 11 nitrogen and oxygen atoms in total. The van der Waals surface area contributed by atoms with Gasteiger partial charge in [-0.2, -0.15) is 0 Å². The number of hydrogen-bond acceptors (Lipinski definition) is 8. The van der Waals surface area contributed by atoms with Crippen molar-refractivity contribution in [3.8, 4) is 5.75 Å². The first kappa shape index (κ1) is 11.5. The predicted octanol–water partition coefficient (Wildman–Crippen LogP) is 0.286. The lowest BCUT2D eigenvalue weighted by atomic mass is 10.2. The zero-order valence-corrected chi connectivity index (χ0v) is 8.72. The molecule has 2 aromatic rings. The highest BCUT2D eigenvalue weighted by Crippen LogP contribution is 2.38. The standard InChI is InChI=1S/C7H4N4O7/c1-17-7-4(10(14)15)2-3(9(12)13)5-6(7)11(16)18-8-5/h2H,1H3. The van der Waals surface area contributed by atoms with Gasteiger partial charge in [-0.3, -0.25) is 24.9 Å². The van der Waals surface area contributed by atoms with E-state index >= 15 is 0 Å². The van der Waals surface area contributed by atoms with E-state index in [9.17, 15) is 25.4 Å². The van der Waals surface area contributed by atoms with Gasteiger partial charge in [0.1, 0.15) is 6.07 Å². The predicted molar refractivity (Wildman–Crippen MR) is 52.8 cm³/mol. The second kappa shape index (κ2) is 3.80. The van der Waals surface area contributed by atoms with Gasteiger partial charge in [-0.25, -0.2) is 0 Å². The molecule has 0 fully saturated rings. The Kier molecular flexibility index (Phi) is 2.43. The van der Waals surface area contributed by atoms with Gasteiger partial charge in [0, 0.05) is 0 Å². The fourth-order valence-electron chi connectivity index (χ4n) is 1.47. The Morgan fingerprint density at radius 3 is 2.44 bits per heavy atom. The molecule has 0 aliphatic heterocycles. The lowest BCUT2D eigenvalue weighted by molar-refractivity contribution is -0.782. The Bertz CT molecular complexity index is 663. The van der Waals surface area contributed by atoms with Crippen LogP contribution < -0.4 is 9.64 Å². The van der Waals surface area contributed by atoms with E-state index in [1.807, 2.05) is 0 Å². The lowest BCUT2D eigenvalue weighted by Crippen LogP contribution is -2.23. The average molecular weight is 256 g/mol. The first-order chi connectivity index (χ1) is 8.47. The van der Waals surface area contributed by atoms with Crippen molar-refractivity contribution < 1.29 is 24.1 Å². The van der Waals surface area contributed by atoms with Crippen LogP contribution in [0.15, 0.2) is 10.7 Å². The van der Waals surface area contributed by atoms with Crippen LogP contribution in [0.25, 0.3) is 11.0 Å². The van der Waals surface area contributed by atoms with Gasteiger partial charge < -0.3 is 9.94 Å². The number of fused-ring (bicyclic) bond motifs is 1. The molecular weight excluding hydrogens is 252 g/mol. The smallest absolute Gasteiger partial charge is 0.334 e. The summed E-state index contributed by atoms with van der Waals surface area (Å²) in [7, 11) is 1.08. The molecule has 0 amide bonds. The summed E-state index contributed by atoms with van der Waals surface area (Å²) in [4.78, 5) is 19.5. The second-order valence-electron chi connectivity index (χ2n) is 3.09. The van der Waals surface area contributed by atoms with Crippen LogP contribution in [0.4, 0.5) is 11.4 Å². The molecule has 0 saturated carbocycles. The minimum atomic E-state index is -0.905. The van der Waals surface area contributed by atoms with E-state index in [1.165, 1.54) is 0 Å². The normalized spacial score (nSPS) is 10.5. The Balaban J connectivity index is 2.98. The van der Waals surface area contributed by atoms with Crippen LogP contribution in [0, 0.1) is 25.4 Å². The summed E-state index contributed by atoms with van der Waals surface area (Å²) in [6, 6.07) is 0.656. The zero-order valence-electron chi connectivity index (χ0n) is 8.72. The number of methoxy groups -OCH3 is 1. The van der Waals surface area contributed by atoms with Gasteiger partial charge >= 0.3 is 16.9 Å². The van der Waals surface area contributed by atoms with Crippen molar-refractivity contribution in [1.82, 2.24) is 5.16 Å². The van der Waals surface area contributed by atoms with E-state index in [-0.39, 0.29) is 4.90 Å². The molecule has 0 spiro atoms. The average Bonchev–Trinajstić information content (AvgIpc) is 2.69. The van der Waals surface area contributed by atoms with E-state index in [0.717, 1.165) is 7.11 Å². The highest BCUT2D eigenvalue weighted by molar-refractivity contribution is 5.90. The quantitative estimate of drug-likeness (QED) is 0.431. The van der Waals surface area contributed by atoms with Crippen molar-refractivity contribution in [2.45, 2.75) is 0 Å². The molecule has 1 aromatic heterocycles. The van der Waals surface area contributed by atoms with Crippen molar-refractivity contribution in [1.29, 1.82) is 0 Å². The van der Waals surface area contributed by atoms with Gasteiger partial charge in [0.2, 0.25) is 0 Å². The van der Waals surface area contributed by atoms with Crippen molar-refractivity contribution in [3.05, 3.63) is 31.5 Å². The fraction of sp³-hybridized carbons (Fsp3) is 0.143. The van der Waals surface area contributed by atoms with Crippen LogP contribution in [0.2, 0.25) is 0 Å². The number of non-ortho nitro benzene ring substituents is 1. The number of aromatic nitrogens is 2. The monoisotopic (exact) mass is 256 g/mol. The number of ether oxygens (including phenoxy) is 1. The SMILES string of the molecule is COc1c([N+](=O)[O-])cc([N+](=O)[O-])c2no[n+]([O-])c12. The first-order valence-corrected chi connectivity index (χ1v) is 4.36. The minimum absolute atomic E-state index is 0.186. The van der Waals surface area contributed by atoms with Gasteiger partial charge in [-0.1, -0.05) is 0 Å². The maximum atomic E-state index is 11.3. The highest BCUT2D eigenvalue weighted by atomic mass is 16.8. The second-order valence-corrected chi connectivity index (χ2v) is 3.09. The summed E-state index contributed by atoms with van der Waals surface area (Å²) in [6.07, 6.45) is 0. The summed E-state index contributed by atoms with van der Waals surface area (Å²) in [5.74, 6) is -0.447. The van der Waals surface area contributed by atoms with Gasteiger partial charge in [0.25, 0.3) is 11.3 Å². The molecule has 0 unspecified atom stereocenters. The number of hydrogen-bond donors (Lipinski definition) is 0. The Hall–Kier alpha value is -2.98. The number of benzene rings is 1. The van der Waals surface area contributed by atoms with E-state index < -0.39 is 38.0 Å². The summed E-state index contributed by atoms with van der Waals surface area (Å²) in [6.45, 7) is 0. The summed E-state index contributed by atoms with van der Waals surface area (Å²) in [5.41, 5.74) is -2.35. The molecular formula is C7H4N4O7. The molecule has 0 bridgehead atoms. The minimum Gasteiger partial charge on any atom is -0.487 e. The molecule has 0 N–H and O–H groups in total. The zero-order chi connectivity index (χ0) is 13.4. The number of nitro benzene ring substituents is 2. The molecule has 11 heteroatoms. The summed E-state index contributed by atoms with van der Waals surface area (Å²) < 4.78 is 8.90. The van der Waals surface area contributed by atoms with Crippen molar-refractivity contribution in [3.63, 3.8) is 0 Å². The third-order valence-corrected chi connectivity index (χ3v) is 2.17. The lowest BCUT2D eigenvalue weighted by Gasteiger charge is -2.00. The molecule has 2 rings (SSSR count). The Morgan fingerprint density at radius 2 is 1.94 bits per heavy atom. The molecule has 94 valence electrons. The molecule has 0 aliphatic rings. The van der Waals surface area contributed by atoms with E-state index in [2.05, 4.69) is 9.79 Å². The van der Waals surface area contributed by atoms with Gasteiger partial charge in [0.15, 0.2) is 0 Å². The third-order valence-electron chi connectivity index (χ3n) is 2.17. The number of nitro groups is 2. The molecule has 0 atom stereocenters. The van der Waals surface area contributed by atoms with E-state index in [1.54, 1.807) is 0 Å². The topological polar surface area (TPSA) is 148 Å². The maximum absolute atomic E-state index is 11.3. The van der Waals surface area contributed by atoms with Gasteiger partial charge in [-0.05, 0) is 4.90 Å². The molecule has 0 aliphatic carbocycles. The van der Waals surface area contributed by atoms with Crippen LogP contribution in [-0.4, -0.2) is 22.1 Å². The maximum Gasteiger partial charge on any atom is 0.334 e. The largest absolute Gasteiger partial charge is 0.487 e. The Labute approximate surface area is 97.0 Å².